The molecule has 0 saturated carbocycles. The molecule has 5 nitrogen and oxygen atoms in total. The normalized spacial score (nSPS) is 18.3. The Labute approximate surface area is 136 Å². The molecule has 1 saturated heterocycles. The molecule has 0 radical (unpaired) electrons. The number of halogens is 2. The van der Waals surface area contributed by atoms with Crippen molar-refractivity contribution in [2.75, 3.05) is 16.8 Å². The Balaban J connectivity index is 1.75. The Morgan fingerprint density at radius 1 is 1.38 bits per heavy atom. The predicted molar refractivity (Wildman–Crippen MR) is 85.5 cm³/mol. The monoisotopic (exact) mass is 342 g/mol. The number of carbonyl (C=O) groups is 1. The molecule has 1 aromatic carbocycles. The summed E-state index contributed by atoms with van der Waals surface area (Å²) in [6, 6.07) is 4.91. The number of hydrogen-bond acceptors (Lipinski definition) is 5. The van der Waals surface area contributed by atoms with Crippen LogP contribution < -0.4 is 10.2 Å². The minimum Gasteiger partial charge on any atom is -0.348 e. The maximum Gasteiger partial charge on any atom is 0.249 e. The van der Waals surface area contributed by atoms with Crippen LogP contribution in [-0.2, 0) is 4.79 Å². The zero-order valence-electron chi connectivity index (χ0n) is 11.1. The molecule has 2 heterocycles. The van der Waals surface area contributed by atoms with E-state index in [9.17, 15) is 4.79 Å². The van der Waals surface area contributed by atoms with Crippen LogP contribution in [0.15, 0.2) is 18.2 Å². The second-order valence-corrected chi connectivity index (χ2v) is 6.29. The van der Waals surface area contributed by atoms with Crippen molar-refractivity contribution in [3.05, 3.63) is 34.1 Å². The first kappa shape index (κ1) is 14.6. The number of aryl methyl sites for hydroxylation is 1. The number of anilines is 2. The lowest BCUT2D eigenvalue weighted by molar-refractivity contribution is -0.117. The minimum absolute atomic E-state index is 0.00115. The van der Waals surface area contributed by atoms with Gasteiger partial charge >= 0.3 is 0 Å². The van der Waals surface area contributed by atoms with Gasteiger partial charge in [0.1, 0.15) is 11.9 Å². The van der Waals surface area contributed by atoms with Gasteiger partial charge in [0.2, 0.25) is 11.0 Å². The van der Waals surface area contributed by atoms with Gasteiger partial charge in [0.25, 0.3) is 0 Å². The first-order chi connectivity index (χ1) is 10.0. The van der Waals surface area contributed by atoms with Gasteiger partial charge in [-0.3, -0.25) is 4.79 Å². The fraction of sp³-hybridized carbons (Fsp3) is 0.308. The zero-order valence-corrected chi connectivity index (χ0v) is 13.5. The summed E-state index contributed by atoms with van der Waals surface area (Å²) in [6.45, 7) is 2.45. The average Bonchev–Trinajstić information content (AvgIpc) is 3.01. The molecule has 2 aromatic rings. The number of nitrogens with one attached hydrogen (secondary N) is 1. The Bertz CT molecular complexity index is 691. The SMILES string of the molecule is Cc1nsc(NC2CCN(c3ccc(Cl)c(Cl)c3)C2=O)n1. The number of aromatic nitrogens is 2. The molecule has 1 aliphatic heterocycles. The lowest BCUT2D eigenvalue weighted by Gasteiger charge is -2.17. The number of carbonyl (C=O) groups excluding carboxylic acids is 1. The smallest absolute Gasteiger partial charge is 0.249 e. The third kappa shape index (κ3) is 2.97. The fourth-order valence-corrected chi connectivity index (χ4v) is 3.15. The highest BCUT2D eigenvalue weighted by atomic mass is 35.5. The predicted octanol–water partition coefficient (Wildman–Crippen LogP) is 3.37. The van der Waals surface area contributed by atoms with Crippen molar-refractivity contribution in [1.29, 1.82) is 0 Å². The second-order valence-electron chi connectivity index (χ2n) is 4.72. The molecule has 1 fully saturated rings. The van der Waals surface area contributed by atoms with Gasteiger partial charge in [-0.15, -0.1) is 0 Å². The van der Waals surface area contributed by atoms with Crippen LogP contribution in [0.2, 0.25) is 10.0 Å². The van der Waals surface area contributed by atoms with Gasteiger partial charge in [-0.1, -0.05) is 23.2 Å². The summed E-state index contributed by atoms with van der Waals surface area (Å²) in [7, 11) is 0. The summed E-state index contributed by atoms with van der Waals surface area (Å²) in [5, 5.41) is 4.72. The van der Waals surface area contributed by atoms with Crippen molar-refractivity contribution in [2.24, 2.45) is 0 Å². The third-order valence-corrected chi connectivity index (χ3v) is 4.72. The van der Waals surface area contributed by atoms with Gasteiger partial charge < -0.3 is 10.2 Å². The van der Waals surface area contributed by atoms with Crippen molar-refractivity contribution in [1.82, 2.24) is 9.36 Å². The molecule has 0 aliphatic carbocycles. The molecule has 8 heteroatoms. The molecule has 1 aliphatic rings. The molecule has 1 N–H and O–H groups in total. The van der Waals surface area contributed by atoms with Crippen molar-refractivity contribution < 1.29 is 4.79 Å². The van der Waals surface area contributed by atoms with Gasteiger partial charge in [-0.2, -0.15) is 4.37 Å². The minimum atomic E-state index is -0.285. The largest absolute Gasteiger partial charge is 0.348 e. The van der Waals surface area contributed by atoms with Crippen LogP contribution in [-0.4, -0.2) is 27.9 Å². The fourth-order valence-electron chi connectivity index (χ4n) is 2.23. The molecule has 1 unspecified atom stereocenters. The standard InChI is InChI=1S/C13H12Cl2N4OS/c1-7-16-13(21-18-7)17-11-4-5-19(12(11)20)8-2-3-9(14)10(15)6-8/h2-3,6,11H,4-5H2,1H3,(H,16,17,18). The molecule has 0 bridgehead atoms. The van der Waals surface area contributed by atoms with Crippen LogP contribution in [0.4, 0.5) is 10.8 Å². The van der Waals surface area contributed by atoms with Gasteiger partial charge in [0.05, 0.1) is 10.0 Å². The van der Waals surface area contributed by atoms with Gasteiger partial charge in [-0.05, 0) is 31.5 Å². The van der Waals surface area contributed by atoms with E-state index in [0.29, 0.717) is 34.0 Å². The molecule has 0 spiro atoms. The number of benzene rings is 1. The molecule has 1 aromatic heterocycles. The highest BCUT2D eigenvalue weighted by molar-refractivity contribution is 7.09. The molecule has 3 rings (SSSR count). The number of amides is 1. The summed E-state index contributed by atoms with van der Waals surface area (Å²) in [5.41, 5.74) is 0.757. The Morgan fingerprint density at radius 2 is 2.19 bits per heavy atom. The molecule has 21 heavy (non-hydrogen) atoms. The van der Waals surface area contributed by atoms with Crippen molar-refractivity contribution in [3.8, 4) is 0 Å². The molecule has 1 atom stereocenters. The van der Waals surface area contributed by atoms with Crippen molar-refractivity contribution in [2.45, 2.75) is 19.4 Å². The van der Waals surface area contributed by atoms with Crippen LogP contribution >= 0.6 is 34.7 Å². The number of hydrogen-bond donors (Lipinski definition) is 1. The molecular weight excluding hydrogens is 331 g/mol. The van der Waals surface area contributed by atoms with Crippen molar-refractivity contribution >= 4 is 51.5 Å². The summed E-state index contributed by atoms with van der Waals surface area (Å²) >= 11 is 13.2. The molecule has 1 amide bonds. The van der Waals surface area contributed by atoms with Crippen LogP contribution in [0.1, 0.15) is 12.2 Å². The number of nitrogens with zero attached hydrogens (tertiary/aromatic N) is 3. The average molecular weight is 343 g/mol. The zero-order chi connectivity index (χ0) is 15.0. The van der Waals surface area contributed by atoms with Crippen LogP contribution in [0.5, 0.6) is 0 Å². The van der Waals surface area contributed by atoms with E-state index in [1.54, 1.807) is 23.1 Å². The van der Waals surface area contributed by atoms with E-state index in [-0.39, 0.29) is 11.9 Å². The van der Waals surface area contributed by atoms with Crippen LogP contribution in [0.3, 0.4) is 0 Å². The van der Waals surface area contributed by atoms with Gasteiger partial charge in [0.15, 0.2) is 0 Å². The lowest BCUT2D eigenvalue weighted by Crippen LogP contribution is -2.33. The summed E-state index contributed by atoms with van der Waals surface area (Å²) < 4.78 is 4.09. The molecule has 110 valence electrons. The maximum absolute atomic E-state index is 12.5. The van der Waals surface area contributed by atoms with E-state index in [4.69, 9.17) is 23.2 Å². The highest BCUT2D eigenvalue weighted by Crippen LogP contribution is 2.30. The van der Waals surface area contributed by atoms with Crippen LogP contribution in [0, 0.1) is 6.92 Å². The summed E-state index contributed by atoms with van der Waals surface area (Å²) in [6.07, 6.45) is 0.706. The summed E-state index contributed by atoms with van der Waals surface area (Å²) in [5.74, 6) is 0.704. The highest BCUT2D eigenvalue weighted by Gasteiger charge is 2.33. The van der Waals surface area contributed by atoms with Gasteiger partial charge in [-0.25, -0.2) is 4.98 Å². The van der Waals surface area contributed by atoms with E-state index in [1.807, 2.05) is 6.92 Å². The number of rotatable bonds is 3. The van der Waals surface area contributed by atoms with E-state index >= 15 is 0 Å². The topological polar surface area (TPSA) is 58.1 Å². The van der Waals surface area contributed by atoms with E-state index in [0.717, 1.165) is 5.69 Å². The molecular formula is C13H12Cl2N4OS. The first-order valence-corrected chi connectivity index (χ1v) is 7.91. The quantitative estimate of drug-likeness (QED) is 0.928. The van der Waals surface area contributed by atoms with Crippen molar-refractivity contribution in [3.63, 3.8) is 0 Å². The van der Waals surface area contributed by atoms with Gasteiger partial charge in [0, 0.05) is 23.8 Å². The van der Waals surface area contributed by atoms with E-state index in [2.05, 4.69) is 14.7 Å². The van der Waals surface area contributed by atoms with E-state index < -0.39 is 0 Å². The third-order valence-electron chi connectivity index (χ3n) is 3.25. The maximum atomic E-state index is 12.5. The Kier molecular flexibility index (Phi) is 4.01. The summed E-state index contributed by atoms with van der Waals surface area (Å²) in [4.78, 5) is 18.4. The lowest BCUT2D eigenvalue weighted by atomic mass is 10.2. The Morgan fingerprint density at radius 3 is 2.86 bits per heavy atom. The van der Waals surface area contributed by atoms with E-state index in [1.165, 1.54) is 11.5 Å². The Hall–Kier alpha value is -1.37. The first-order valence-electron chi connectivity index (χ1n) is 6.38. The second kappa shape index (κ2) is 5.79. The van der Waals surface area contributed by atoms with Crippen LogP contribution in [0.25, 0.3) is 0 Å².